The van der Waals surface area contributed by atoms with Gasteiger partial charge in [0.15, 0.2) is 0 Å². The molecule has 0 spiro atoms. The van der Waals surface area contributed by atoms with Crippen LogP contribution in [0.4, 0.5) is 0 Å². The van der Waals surface area contributed by atoms with E-state index in [-0.39, 0.29) is 5.97 Å². The summed E-state index contributed by atoms with van der Waals surface area (Å²) < 4.78 is 4.65. The van der Waals surface area contributed by atoms with Crippen molar-refractivity contribution in [1.29, 1.82) is 0 Å². The Bertz CT molecular complexity index is 765. The van der Waals surface area contributed by atoms with Crippen LogP contribution in [0.5, 0.6) is 0 Å². The lowest BCUT2D eigenvalue weighted by atomic mass is 10.0. The highest BCUT2D eigenvalue weighted by atomic mass is 32.1. The summed E-state index contributed by atoms with van der Waals surface area (Å²) in [6, 6.07) is 10.2. The van der Waals surface area contributed by atoms with Crippen molar-refractivity contribution in [2.75, 3.05) is 7.11 Å². The van der Waals surface area contributed by atoms with Gasteiger partial charge in [-0.1, -0.05) is 24.3 Å². The van der Waals surface area contributed by atoms with Crippen molar-refractivity contribution in [3.63, 3.8) is 0 Å². The molecule has 0 unspecified atom stereocenters. The maximum absolute atomic E-state index is 11.1. The Labute approximate surface area is 126 Å². The minimum atomic E-state index is -0.183. The smallest absolute Gasteiger partial charge is 0.305 e. The topological polar surface area (TPSA) is 52.1 Å². The SMILES string of the molecule is COC(=O)CCc1ccc(-c2cnc3scnc3c2)cc1. The van der Waals surface area contributed by atoms with Crippen molar-refractivity contribution in [2.24, 2.45) is 0 Å². The molecule has 0 bridgehead atoms. The number of aryl methyl sites for hydroxylation is 1. The van der Waals surface area contributed by atoms with Gasteiger partial charge in [-0.25, -0.2) is 9.97 Å². The van der Waals surface area contributed by atoms with Crippen LogP contribution < -0.4 is 0 Å². The Morgan fingerprint density at radius 1 is 1.19 bits per heavy atom. The number of thiazole rings is 1. The zero-order valence-corrected chi connectivity index (χ0v) is 12.4. The molecular formula is C16H14N2O2S. The standard InChI is InChI=1S/C16H14N2O2S/c1-20-15(19)7-4-11-2-5-12(6-3-11)13-8-14-16(17-9-13)21-10-18-14/h2-3,5-6,8-10H,4,7H2,1H3. The van der Waals surface area contributed by atoms with E-state index in [9.17, 15) is 4.79 Å². The fourth-order valence-electron chi connectivity index (χ4n) is 2.13. The first kappa shape index (κ1) is 13.7. The largest absolute Gasteiger partial charge is 0.469 e. The van der Waals surface area contributed by atoms with E-state index in [0.717, 1.165) is 27.0 Å². The van der Waals surface area contributed by atoms with Gasteiger partial charge in [0.25, 0.3) is 0 Å². The maximum atomic E-state index is 11.1. The number of hydrogen-bond donors (Lipinski definition) is 0. The molecule has 21 heavy (non-hydrogen) atoms. The van der Waals surface area contributed by atoms with Gasteiger partial charge in [0.2, 0.25) is 0 Å². The van der Waals surface area contributed by atoms with Gasteiger partial charge < -0.3 is 4.74 Å². The van der Waals surface area contributed by atoms with Crippen LogP contribution in [0.1, 0.15) is 12.0 Å². The summed E-state index contributed by atoms with van der Waals surface area (Å²) in [4.78, 5) is 20.8. The molecule has 3 rings (SSSR count). The minimum Gasteiger partial charge on any atom is -0.469 e. The van der Waals surface area contributed by atoms with Gasteiger partial charge in [0.05, 0.1) is 12.6 Å². The molecule has 0 fully saturated rings. The van der Waals surface area contributed by atoms with E-state index < -0.39 is 0 Å². The van der Waals surface area contributed by atoms with Gasteiger partial charge in [-0.3, -0.25) is 4.79 Å². The van der Waals surface area contributed by atoms with Gasteiger partial charge in [0, 0.05) is 18.2 Å². The third kappa shape index (κ3) is 3.08. The number of nitrogens with zero attached hydrogens (tertiary/aromatic N) is 2. The second kappa shape index (κ2) is 6.01. The van der Waals surface area contributed by atoms with Crippen molar-refractivity contribution in [1.82, 2.24) is 9.97 Å². The predicted octanol–water partition coefficient (Wildman–Crippen LogP) is 3.46. The van der Waals surface area contributed by atoms with E-state index in [4.69, 9.17) is 0 Å². The van der Waals surface area contributed by atoms with Crippen LogP contribution in [-0.4, -0.2) is 23.0 Å². The highest BCUT2D eigenvalue weighted by Gasteiger charge is 2.04. The number of benzene rings is 1. The fraction of sp³-hybridized carbons (Fsp3) is 0.188. The molecule has 0 N–H and O–H groups in total. The van der Waals surface area contributed by atoms with Crippen molar-refractivity contribution < 1.29 is 9.53 Å². The van der Waals surface area contributed by atoms with Crippen molar-refractivity contribution in [3.8, 4) is 11.1 Å². The second-order valence-electron chi connectivity index (χ2n) is 4.67. The number of fused-ring (bicyclic) bond motifs is 1. The van der Waals surface area contributed by atoms with Crippen molar-refractivity contribution in [3.05, 3.63) is 47.6 Å². The third-order valence-corrected chi connectivity index (χ3v) is 4.07. The molecule has 0 aliphatic carbocycles. The van der Waals surface area contributed by atoms with E-state index in [1.807, 2.05) is 36.5 Å². The first-order chi connectivity index (χ1) is 10.3. The van der Waals surface area contributed by atoms with Gasteiger partial charge in [-0.2, -0.15) is 0 Å². The normalized spacial score (nSPS) is 10.7. The molecule has 3 aromatic rings. The Morgan fingerprint density at radius 2 is 2.00 bits per heavy atom. The zero-order chi connectivity index (χ0) is 14.7. The molecule has 0 radical (unpaired) electrons. The first-order valence-corrected chi connectivity index (χ1v) is 7.49. The number of pyridine rings is 1. The van der Waals surface area contributed by atoms with E-state index >= 15 is 0 Å². The van der Waals surface area contributed by atoms with E-state index in [1.165, 1.54) is 18.4 Å². The summed E-state index contributed by atoms with van der Waals surface area (Å²) in [6.45, 7) is 0. The number of ether oxygens (including phenoxy) is 1. The molecule has 0 aliphatic rings. The number of carbonyl (C=O) groups is 1. The molecule has 2 aromatic heterocycles. The predicted molar refractivity (Wildman–Crippen MR) is 83.2 cm³/mol. The maximum Gasteiger partial charge on any atom is 0.305 e. The molecule has 1 aromatic carbocycles. The molecule has 0 aliphatic heterocycles. The highest BCUT2D eigenvalue weighted by Crippen LogP contribution is 2.24. The Kier molecular flexibility index (Phi) is 3.92. The van der Waals surface area contributed by atoms with E-state index in [0.29, 0.717) is 12.8 Å². The van der Waals surface area contributed by atoms with Crippen LogP contribution in [0.15, 0.2) is 42.0 Å². The minimum absolute atomic E-state index is 0.183. The molecular weight excluding hydrogens is 284 g/mol. The average molecular weight is 298 g/mol. The highest BCUT2D eigenvalue weighted by molar-refractivity contribution is 7.16. The molecule has 0 saturated carbocycles. The lowest BCUT2D eigenvalue weighted by Crippen LogP contribution is -2.01. The van der Waals surface area contributed by atoms with Crippen LogP contribution >= 0.6 is 11.3 Å². The van der Waals surface area contributed by atoms with Crippen LogP contribution in [0, 0.1) is 0 Å². The number of hydrogen-bond acceptors (Lipinski definition) is 5. The molecule has 0 amide bonds. The van der Waals surface area contributed by atoms with Gasteiger partial charge in [-0.15, -0.1) is 11.3 Å². The number of carbonyl (C=O) groups excluding carboxylic acids is 1. The summed E-state index contributed by atoms with van der Waals surface area (Å²) >= 11 is 1.54. The van der Waals surface area contributed by atoms with Crippen LogP contribution in [0.3, 0.4) is 0 Å². The molecule has 5 heteroatoms. The molecule has 4 nitrogen and oxygen atoms in total. The monoisotopic (exact) mass is 298 g/mol. The number of esters is 1. The van der Waals surface area contributed by atoms with E-state index in [2.05, 4.69) is 14.7 Å². The number of aromatic nitrogens is 2. The van der Waals surface area contributed by atoms with Gasteiger partial charge >= 0.3 is 5.97 Å². The van der Waals surface area contributed by atoms with Crippen molar-refractivity contribution in [2.45, 2.75) is 12.8 Å². The lowest BCUT2D eigenvalue weighted by Gasteiger charge is -2.04. The Balaban J connectivity index is 1.78. The molecule has 106 valence electrons. The van der Waals surface area contributed by atoms with Crippen LogP contribution in [-0.2, 0) is 16.0 Å². The van der Waals surface area contributed by atoms with Gasteiger partial charge in [-0.05, 0) is 23.6 Å². The first-order valence-electron chi connectivity index (χ1n) is 6.61. The lowest BCUT2D eigenvalue weighted by molar-refractivity contribution is -0.140. The number of rotatable bonds is 4. The Hall–Kier alpha value is -2.27. The number of methoxy groups -OCH3 is 1. The quantitative estimate of drug-likeness (QED) is 0.692. The van der Waals surface area contributed by atoms with E-state index in [1.54, 1.807) is 5.51 Å². The fourth-order valence-corrected chi connectivity index (χ4v) is 2.74. The molecule has 0 atom stereocenters. The second-order valence-corrected chi connectivity index (χ2v) is 5.51. The van der Waals surface area contributed by atoms with Crippen LogP contribution in [0.2, 0.25) is 0 Å². The molecule has 0 saturated heterocycles. The average Bonchev–Trinajstić information content (AvgIpc) is 3.00. The van der Waals surface area contributed by atoms with Crippen LogP contribution in [0.25, 0.3) is 21.5 Å². The van der Waals surface area contributed by atoms with Gasteiger partial charge in [0.1, 0.15) is 10.3 Å². The summed E-state index contributed by atoms with van der Waals surface area (Å²) in [5.41, 5.74) is 5.99. The third-order valence-electron chi connectivity index (χ3n) is 3.32. The summed E-state index contributed by atoms with van der Waals surface area (Å²) in [5.74, 6) is -0.183. The van der Waals surface area contributed by atoms with Crippen molar-refractivity contribution >= 4 is 27.7 Å². The molecule has 2 heterocycles. The summed E-state index contributed by atoms with van der Waals surface area (Å²) in [6.07, 6.45) is 2.96. The zero-order valence-electron chi connectivity index (χ0n) is 11.6. The summed E-state index contributed by atoms with van der Waals surface area (Å²) in [5, 5.41) is 0. The summed E-state index contributed by atoms with van der Waals surface area (Å²) in [7, 11) is 1.41. The Morgan fingerprint density at radius 3 is 2.76 bits per heavy atom.